The molecule has 0 aliphatic carbocycles. The molecule has 0 saturated heterocycles. The van der Waals surface area contributed by atoms with Gasteiger partial charge in [-0.1, -0.05) is 48.0 Å². The maximum Gasteiger partial charge on any atom is 0.336 e. The summed E-state index contributed by atoms with van der Waals surface area (Å²) >= 11 is 6.37. The lowest BCUT2D eigenvalue weighted by Crippen LogP contribution is -2.31. The van der Waals surface area contributed by atoms with E-state index in [1.807, 2.05) is 30.3 Å². The molecular formula is C24H16ClF2NO4. The standard InChI is InChI=1S/C24H16ClF2NO4/c1-13(24(30)28-23-18(26)8-5-9-19(23)27)31-21-12-20-16(10-17(21)25)15(11-22(29)32-20)14-6-3-2-4-7-14/h2-13H,1H3,(H,28,30). The first kappa shape index (κ1) is 21.5. The Balaban J connectivity index is 1.64. The van der Waals surface area contributed by atoms with Crippen LogP contribution in [-0.4, -0.2) is 12.0 Å². The number of anilines is 1. The first-order chi connectivity index (χ1) is 15.3. The van der Waals surface area contributed by atoms with Crippen molar-refractivity contribution in [3.8, 4) is 16.9 Å². The van der Waals surface area contributed by atoms with Crippen molar-refractivity contribution in [3.63, 3.8) is 0 Å². The van der Waals surface area contributed by atoms with Crippen LogP contribution in [0.15, 0.2) is 75.9 Å². The Hall–Kier alpha value is -3.71. The molecule has 0 fully saturated rings. The highest BCUT2D eigenvalue weighted by atomic mass is 35.5. The maximum atomic E-state index is 13.8. The molecule has 8 heteroatoms. The van der Waals surface area contributed by atoms with Crippen molar-refractivity contribution >= 4 is 34.2 Å². The molecule has 1 amide bonds. The van der Waals surface area contributed by atoms with Crippen LogP contribution in [0.2, 0.25) is 5.02 Å². The van der Waals surface area contributed by atoms with E-state index in [1.54, 1.807) is 6.07 Å². The summed E-state index contributed by atoms with van der Waals surface area (Å²) in [4.78, 5) is 24.5. The fourth-order valence-corrected chi connectivity index (χ4v) is 3.40. The van der Waals surface area contributed by atoms with E-state index in [4.69, 9.17) is 20.8 Å². The minimum atomic E-state index is -1.16. The second-order valence-corrected chi connectivity index (χ2v) is 7.38. The van der Waals surface area contributed by atoms with Gasteiger partial charge in [-0.2, -0.15) is 0 Å². The summed E-state index contributed by atoms with van der Waals surface area (Å²) in [6, 6.07) is 16.8. The molecule has 1 atom stereocenters. The summed E-state index contributed by atoms with van der Waals surface area (Å²) in [5, 5.41) is 2.91. The zero-order valence-electron chi connectivity index (χ0n) is 16.7. The van der Waals surface area contributed by atoms with Crippen LogP contribution >= 0.6 is 11.6 Å². The number of fused-ring (bicyclic) bond motifs is 1. The van der Waals surface area contributed by atoms with E-state index >= 15 is 0 Å². The lowest BCUT2D eigenvalue weighted by molar-refractivity contribution is -0.122. The van der Waals surface area contributed by atoms with Crippen molar-refractivity contribution in [2.75, 3.05) is 5.32 Å². The summed E-state index contributed by atoms with van der Waals surface area (Å²) < 4.78 is 38.5. The van der Waals surface area contributed by atoms with Gasteiger partial charge < -0.3 is 14.5 Å². The number of benzene rings is 3. The number of hydrogen-bond donors (Lipinski definition) is 1. The Bertz CT molecular complexity index is 1350. The van der Waals surface area contributed by atoms with Gasteiger partial charge in [0.25, 0.3) is 5.91 Å². The summed E-state index contributed by atoms with van der Waals surface area (Å²) in [6.45, 7) is 1.39. The minimum absolute atomic E-state index is 0.0733. The van der Waals surface area contributed by atoms with Gasteiger partial charge in [0.05, 0.1) is 5.02 Å². The molecule has 0 aliphatic heterocycles. The van der Waals surface area contributed by atoms with Gasteiger partial charge in [0, 0.05) is 17.5 Å². The number of halogens is 3. The molecule has 0 saturated carbocycles. The van der Waals surface area contributed by atoms with Crippen LogP contribution in [-0.2, 0) is 4.79 Å². The molecule has 1 heterocycles. The van der Waals surface area contributed by atoms with Gasteiger partial charge in [0.15, 0.2) is 6.10 Å². The van der Waals surface area contributed by atoms with Crippen molar-refractivity contribution in [1.82, 2.24) is 0 Å². The molecule has 0 spiro atoms. The predicted octanol–water partition coefficient (Wildman–Crippen LogP) is 5.80. The van der Waals surface area contributed by atoms with Crippen molar-refractivity contribution in [1.29, 1.82) is 0 Å². The largest absolute Gasteiger partial charge is 0.479 e. The highest BCUT2D eigenvalue weighted by Crippen LogP contribution is 2.35. The van der Waals surface area contributed by atoms with E-state index in [0.717, 1.165) is 17.7 Å². The van der Waals surface area contributed by atoms with Crippen LogP contribution < -0.4 is 15.7 Å². The number of nitrogens with one attached hydrogen (secondary N) is 1. The van der Waals surface area contributed by atoms with E-state index in [0.29, 0.717) is 10.9 Å². The van der Waals surface area contributed by atoms with Gasteiger partial charge in [0.2, 0.25) is 0 Å². The van der Waals surface area contributed by atoms with Gasteiger partial charge >= 0.3 is 5.63 Å². The molecule has 0 aliphatic rings. The van der Waals surface area contributed by atoms with Gasteiger partial charge in [-0.05, 0) is 36.2 Å². The second-order valence-electron chi connectivity index (χ2n) is 6.97. The Morgan fingerprint density at radius 1 is 1.03 bits per heavy atom. The van der Waals surface area contributed by atoms with Crippen LogP contribution in [0.5, 0.6) is 5.75 Å². The monoisotopic (exact) mass is 455 g/mol. The number of hydrogen-bond acceptors (Lipinski definition) is 4. The number of amides is 1. The third kappa shape index (κ3) is 4.33. The quantitative estimate of drug-likeness (QED) is 0.386. The highest BCUT2D eigenvalue weighted by molar-refractivity contribution is 6.33. The number of carbonyl (C=O) groups is 1. The molecule has 4 rings (SSSR count). The van der Waals surface area contributed by atoms with E-state index in [2.05, 4.69) is 5.32 Å². The van der Waals surface area contributed by atoms with E-state index in [-0.39, 0.29) is 16.4 Å². The van der Waals surface area contributed by atoms with Crippen LogP contribution in [0.1, 0.15) is 6.92 Å². The zero-order chi connectivity index (χ0) is 22.8. The molecule has 0 radical (unpaired) electrons. The third-order valence-electron chi connectivity index (χ3n) is 4.77. The second kappa shape index (κ2) is 8.80. The first-order valence-electron chi connectivity index (χ1n) is 9.58. The van der Waals surface area contributed by atoms with Crippen LogP contribution in [0, 0.1) is 11.6 Å². The molecule has 1 N–H and O–H groups in total. The topological polar surface area (TPSA) is 68.5 Å². The third-order valence-corrected chi connectivity index (χ3v) is 5.06. The zero-order valence-corrected chi connectivity index (χ0v) is 17.5. The Labute approximate surface area is 186 Å². The molecule has 162 valence electrons. The Kier molecular flexibility index (Phi) is 5.92. The molecule has 4 aromatic rings. The SMILES string of the molecule is CC(Oc1cc2oc(=O)cc(-c3ccccc3)c2cc1Cl)C(=O)Nc1c(F)cccc1F. The predicted molar refractivity (Wildman–Crippen MR) is 118 cm³/mol. The molecule has 3 aromatic carbocycles. The minimum Gasteiger partial charge on any atom is -0.479 e. The number of ether oxygens (including phenoxy) is 1. The number of para-hydroxylation sites is 1. The fourth-order valence-electron chi connectivity index (χ4n) is 3.20. The molecular weight excluding hydrogens is 440 g/mol. The van der Waals surface area contributed by atoms with Crippen molar-refractivity contribution in [2.45, 2.75) is 13.0 Å². The van der Waals surface area contributed by atoms with Gasteiger partial charge in [-0.25, -0.2) is 13.6 Å². The molecule has 32 heavy (non-hydrogen) atoms. The maximum absolute atomic E-state index is 13.8. The fraction of sp³-hybridized carbons (Fsp3) is 0.0833. The lowest BCUT2D eigenvalue weighted by Gasteiger charge is -2.17. The summed E-state index contributed by atoms with van der Waals surface area (Å²) in [6.07, 6.45) is -1.16. The van der Waals surface area contributed by atoms with E-state index in [1.165, 1.54) is 25.1 Å². The first-order valence-corrected chi connectivity index (χ1v) is 9.95. The van der Waals surface area contributed by atoms with Gasteiger partial charge in [-0.3, -0.25) is 4.79 Å². The average Bonchev–Trinajstić information content (AvgIpc) is 2.77. The van der Waals surface area contributed by atoms with E-state index < -0.39 is 35.0 Å². The highest BCUT2D eigenvalue weighted by Gasteiger charge is 2.21. The Morgan fingerprint density at radius 3 is 2.41 bits per heavy atom. The van der Waals surface area contributed by atoms with Crippen molar-refractivity contribution in [3.05, 3.63) is 93.8 Å². The van der Waals surface area contributed by atoms with Crippen LogP contribution in [0.25, 0.3) is 22.1 Å². The molecule has 0 bridgehead atoms. The summed E-state index contributed by atoms with van der Waals surface area (Å²) in [5.74, 6) is -2.54. The number of rotatable bonds is 5. The smallest absolute Gasteiger partial charge is 0.336 e. The summed E-state index contributed by atoms with van der Waals surface area (Å²) in [5.41, 5.74) is 0.505. The lowest BCUT2D eigenvalue weighted by atomic mass is 10.0. The van der Waals surface area contributed by atoms with Crippen LogP contribution in [0.4, 0.5) is 14.5 Å². The van der Waals surface area contributed by atoms with Crippen molar-refractivity contribution < 1.29 is 22.7 Å². The average molecular weight is 456 g/mol. The molecule has 5 nitrogen and oxygen atoms in total. The Morgan fingerprint density at radius 2 is 1.72 bits per heavy atom. The normalized spacial score (nSPS) is 11.9. The van der Waals surface area contributed by atoms with Gasteiger partial charge in [0.1, 0.15) is 28.7 Å². The van der Waals surface area contributed by atoms with E-state index in [9.17, 15) is 18.4 Å². The van der Waals surface area contributed by atoms with Crippen LogP contribution in [0.3, 0.4) is 0 Å². The van der Waals surface area contributed by atoms with Gasteiger partial charge in [-0.15, -0.1) is 0 Å². The van der Waals surface area contributed by atoms with Crippen molar-refractivity contribution in [2.24, 2.45) is 0 Å². The summed E-state index contributed by atoms with van der Waals surface area (Å²) in [7, 11) is 0. The molecule has 1 aromatic heterocycles. The molecule has 1 unspecified atom stereocenters. The number of carbonyl (C=O) groups excluding carboxylic acids is 1.